The number of halogens is 6. The minimum atomic E-state index is -3.52. The Balaban J connectivity index is 1.30. The second-order valence-electron chi connectivity index (χ2n) is 9.06. The van der Waals surface area contributed by atoms with Crippen LogP contribution in [0.2, 0.25) is 0 Å². The topological polar surface area (TPSA) is 36.9 Å². The molecule has 1 heterocycles. The fourth-order valence-corrected chi connectivity index (χ4v) is 4.42. The quantitative estimate of drug-likeness (QED) is 0.220. The van der Waals surface area contributed by atoms with Crippen molar-refractivity contribution in [1.29, 1.82) is 0 Å². The van der Waals surface area contributed by atoms with Gasteiger partial charge in [-0.05, 0) is 55.5 Å². The zero-order chi connectivity index (χ0) is 25.9. The van der Waals surface area contributed by atoms with Crippen LogP contribution in [-0.2, 0) is 16.1 Å². The van der Waals surface area contributed by atoms with Gasteiger partial charge < -0.3 is 18.9 Å². The van der Waals surface area contributed by atoms with E-state index in [-0.39, 0.29) is 41.7 Å². The smallest absolute Gasteiger partial charge is 0.400 e. The molecule has 4 rings (SSSR count). The molecule has 0 unspecified atom stereocenters. The van der Waals surface area contributed by atoms with E-state index in [0.717, 1.165) is 18.2 Å². The monoisotopic (exact) mass is 516 g/mol. The van der Waals surface area contributed by atoms with E-state index in [1.807, 2.05) is 0 Å². The lowest BCUT2D eigenvalue weighted by Crippen LogP contribution is -2.41. The summed E-state index contributed by atoms with van der Waals surface area (Å²) < 4.78 is 105. The van der Waals surface area contributed by atoms with E-state index in [9.17, 15) is 26.3 Å². The first kappa shape index (κ1) is 26.3. The fraction of sp³-hybridized carbons (Fsp3) is 0.462. The summed E-state index contributed by atoms with van der Waals surface area (Å²) in [6.07, 6.45) is -0.815. The number of hydrogen-bond acceptors (Lipinski definition) is 4. The van der Waals surface area contributed by atoms with Crippen LogP contribution in [0.15, 0.2) is 43.0 Å². The Morgan fingerprint density at radius 1 is 0.917 bits per heavy atom. The summed E-state index contributed by atoms with van der Waals surface area (Å²) in [6, 6.07) is 4.37. The second-order valence-corrected chi connectivity index (χ2v) is 9.06. The van der Waals surface area contributed by atoms with Crippen molar-refractivity contribution in [3.63, 3.8) is 0 Å². The van der Waals surface area contributed by atoms with Crippen molar-refractivity contribution in [3.05, 3.63) is 71.8 Å². The molecular formula is C26H26F6O4. The predicted molar refractivity (Wildman–Crippen MR) is 117 cm³/mol. The molecule has 1 saturated heterocycles. The van der Waals surface area contributed by atoms with Gasteiger partial charge in [-0.15, -0.1) is 6.58 Å². The lowest BCUT2D eigenvalue weighted by Gasteiger charge is -2.38. The zero-order valence-electron chi connectivity index (χ0n) is 19.3. The Kier molecular flexibility index (Phi) is 8.14. The third kappa shape index (κ3) is 6.15. The fourth-order valence-electron chi connectivity index (χ4n) is 4.42. The molecule has 0 spiro atoms. The van der Waals surface area contributed by atoms with Crippen LogP contribution in [-0.4, -0.2) is 25.6 Å². The molecular weight excluding hydrogens is 490 g/mol. The summed E-state index contributed by atoms with van der Waals surface area (Å²) in [5.74, 6) is -7.09. The van der Waals surface area contributed by atoms with Gasteiger partial charge in [0.2, 0.25) is 0 Å². The molecule has 0 amide bonds. The maximum absolute atomic E-state index is 14.8. The molecule has 0 N–H and O–H groups in total. The van der Waals surface area contributed by atoms with Crippen LogP contribution in [0.25, 0.3) is 0 Å². The number of ether oxygens (including phenoxy) is 4. The predicted octanol–water partition coefficient (Wildman–Crippen LogP) is 6.78. The molecule has 10 heteroatoms. The summed E-state index contributed by atoms with van der Waals surface area (Å²) in [4.78, 5) is 0. The van der Waals surface area contributed by atoms with Crippen molar-refractivity contribution in [2.24, 2.45) is 17.8 Å². The van der Waals surface area contributed by atoms with Crippen molar-refractivity contribution in [1.82, 2.24) is 0 Å². The normalized spacial score (nSPS) is 24.8. The highest BCUT2D eigenvalue weighted by Gasteiger charge is 2.45. The van der Waals surface area contributed by atoms with Crippen LogP contribution >= 0.6 is 0 Å². The Labute approximate surface area is 204 Å². The number of rotatable bonds is 8. The lowest BCUT2D eigenvalue weighted by atomic mass is 9.80. The van der Waals surface area contributed by atoms with Crippen LogP contribution in [0, 0.1) is 41.0 Å². The molecule has 2 aliphatic rings. The molecule has 2 fully saturated rings. The first-order valence-corrected chi connectivity index (χ1v) is 11.6. The van der Waals surface area contributed by atoms with Gasteiger partial charge in [0.1, 0.15) is 12.4 Å². The van der Waals surface area contributed by atoms with E-state index >= 15 is 0 Å². The van der Waals surface area contributed by atoms with E-state index in [0.29, 0.717) is 38.2 Å². The molecule has 0 bridgehead atoms. The SMILES string of the molecule is C=CC1COC(C2CCC(C(F)(F)Oc3ccc(OCc4cc(F)c(F)c(F)c4)c(F)c3)CC2)OC1. The van der Waals surface area contributed by atoms with Crippen molar-refractivity contribution in [2.45, 2.75) is 44.7 Å². The minimum Gasteiger partial charge on any atom is -0.486 e. The Hall–Kier alpha value is -2.72. The molecule has 196 valence electrons. The molecule has 36 heavy (non-hydrogen) atoms. The molecule has 0 radical (unpaired) electrons. The number of hydrogen-bond donors (Lipinski definition) is 0. The Morgan fingerprint density at radius 2 is 1.56 bits per heavy atom. The summed E-state index contributed by atoms with van der Waals surface area (Å²) in [7, 11) is 0. The van der Waals surface area contributed by atoms with Gasteiger partial charge in [-0.25, -0.2) is 17.6 Å². The highest BCUT2D eigenvalue weighted by molar-refractivity contribution is 5.33. The van der Waals surface area contributed by atoms with Crippen LogP contribution in [0.3, 0.4) is 0 Å². The molecule has 0 aromatic heterocycles. The third-order valence-corrected chi connectivity index (χ3v) is 6.51. The average Bonchev–Trinajstić information content (AvgIpc) is 2.86. The van der Waals surface area contributed by atoms with Gasteiger partial charge >= 0.3 is 6.11 Å². The summed E-state index contributed by atoms with van der Waals surface area (Å²) in [5.41, 5.74) is -0.0715. The van der Waals surface area contributed by atoms with E-state index in [4.69, 9.17) is 18.9 Å². The van der Waals surface area contributed by atoms with Crippen molar-refractivity contribution >= 4 is 0 Å². The summed E-state index contributed by atoms with van der Waals surface area (Å²) in [6.45, 7) is 4.24. The summed E-state index contributed by atoms with van der Waals surface area (Å²) in [5, 5.41) is 0. The van der Waals surface area contributed by atoms with Crippen LogP contribution in [0.4, 0.5) is 26.3 Å². The van der Waals surface area contributed by atoms with E-state index < -0.39 is 48.2 Å². The second kappa shape index (κ2) is 11.1. The van der Waals surface area contributed by atoms with Gasteiger partial charge in [-0.2, -0.15) is 8.78 Å². The molecule has 4 nitrogen and oxygen atoms in total. The Morgan fingerprint density at radius 3 is 2.14 bits per heavy atom. The van der Waals surface area contributed by atoms with Gasteiger partial charge in [0.25, 0.3) is 0 Å². The third-order valence-electron chi connectivity index (χ3n) is 6.51. The van der Waals surface area contributed by atoms with Gasteiger partial charge in [0, 0.05) is 17.9 Å². The zero-order valence-corrected chi connectivity index (χ0v) is 19.3. The Bertz CT molecular complexity index is 1040. The van der Waals surface area contributed by atoms with Crippen LogP contribution in [0.1, 0.15) is 31.2 Å². The van der Waals surface area contributed by atoms with E-state index in [2.05, 4.69) is 6.58 Å². The minimum absolute atomic E-state index is 0.0137. The molecule has 1 aliphatic heterocycles. The number of benzene rings is 2. The molecule has 1 saturated carbocycles. The highest BCUT2D eigenvalue weighted by Crippen LogP contribution is 2.42. The van der Waals surface area contributed by atoms with Crippen LogP contribution in [0.5, 0.6) is 11.5 Å². The molecule has 2 aromatic carbocycles. The maximum Gasteiger partial charge on any atom is 0.400 e. The summed E-state index contributed by atoms with van der Waals surface area (Å²) >= 11 is 0. The van der Waals surface area contributed by atoms with Gasteiger partial charge in [0.15, 0.2) is 35.3 Å². The first-order valence-electron chi connectivity index (χ1n) is 11.6. The van der Waals surface area contributed by atoms with Crippen LogP contribution < -0.4 is 9.47 Å². The van der Waals surface area contributed by atoms with E-state index in [1.54, 1.807) is 6.08 Å². The van der Waals surface area contributed by atoms with Crippen molar-refractivity contribution in [3.8, 4) is 11.5 Å². The average molecular weight is 516 g/mol. The maximum atomic E-state index is 14.8. The molecule has 0 atom stereocenters. The molecule has 2 aromatic rings. The van der Waals surface area contributed by atoms with Gasteiger partial charge in [-0.1, -0.05) is 6.08 Å². The van der Waals surface area contributed by atoms with Crippen molar-refractivity contribution in [2.75, 3.05) is 13.2 Å². The highest BCUT2D eigenvalue weighted by atomic mass is 19.3. The number of alkyl halides is 2. The first-order chi connectivity index (χ1) is 17.2. The largest absolute Gasteiger partial charge is 0.486 e. The van der Waals surface area contributed by atoms with Gasteiger partial charge in [-0.3, -0.25) is 0 Å². The standard InChI is InChI=1S/C26H26F6O4/c1-2-15-12-34-25(35-13-15)17-3-5-18(6-4-17)26(31,32)36-19-7-8-23(20(27)11-19)33-14-16-9-21(28)24(30)22(29)10-16/h2,7-11,15,17-18,25H,1,3-6,12-14H2. The lowest BCUT2D eigenvalue weighted by molar-refractivity contribution is -0.244. The van der Waals surface area contributed by atoms with E-state index in [1.165, 1.54) is 0 Å². The van der Waals surface area contributed by atoms with Gasteiger partial charge in [0.05, 0.1) is 19.1 Å². The molecule has 1 aliphatic carbocycles. The van der Waals surface area contributed by atoms with Crippen molar-refractivity contribution < 1.29 is 45.3 Å².